The Balaban J connectivity index is 1.22. The van der Waals surface area contributed by atoms with Crippen molar-refractivity contribution in [3.8, 4) is 11.3 Å². The van der Waals surface area contributed by atoms with E-state index in [2.05, 4.69) is 60.8 Å². The molecule has 4 aromatic rings. The minimum atomic E-state index is -2.83. The number of aryl methyl sites for hydroxylation is 2. The summed E-state index contributed by atoms with van der Waals surface area (Å²) in [6, 6.07) is 0.577. The molecule has 2 saturated carbocycles. The van der Waals surface area contributed by atoms with Crippen molar-refractivity contribution in [1.82, 2.24) is 24.5 Å². The summed E-state index contributed by atoms with van der Waals surface area (Å²) in [5.41, 5.74) is 8.66. The number of thiophene rings is 1. The molecule has 7 rings (SSSR count). The molecule has 0 aromatic carbocycles. The molecular weight excluding hydrogens is 514 g/mol. The third-order valence-corrected chi connectivity index (χ3v) is 12.9. The zero-order valence-corrected chi connectivity index (χ0v) is 24.5. The van der Waals surface area contributed by atoms with Gasteiger partial charge in [-0.3, -0.25) is 4.90 Å². The molecule has 2 aliphatic carbocycles. The predicted octanol–water partition coefficient (Wildman–Crippen LogP) is 5.60. The highest BCUT2D eigenvalue weighted by Gasteiger charge is 2.49. The van der Waals surface area contributed by atoms with Crippen LogP contribution in [-0.2, 0) is 9.84 Å². The summed E-state index contributed by atoms with van der Waals surface area (Å²) < 4.78 is 25.8. The van der Waals surface area contributed by atoms with Crippen LogP contribution in [-0.4, -0.2) is 63.5 Å². The van der Waals surface area contributed by atoms with Gasteiger partial charge in [-0.25, -0.2) is 17.9 Å². The van der Waals surface area contributed by atoms with Crippen molar-refractivity contribution < 1.29 is 8.42 Å². The van der Waals surface area contributed by atoms with Crippen molar-refractivity contribution in [2.24, 2.45) is 11.8 Å². The Kier molecular flexibility index (Phi) is 5.63. The number of sulfone groups is 1. The lowest BCUT2D eigenvalue weighted by Gasteiger charge is -2.38. The number of rotatable bonds is 4. The molecule has 9 heteroatoms. The molecule has 7 nitrogen and oxygen atoms in total. The summed E-state index contributed by atoms with van der Waals surface area (Å²) in [7, 11) is -2.83. The van der Waals surface area contributed by atoms with E-state index in [4.69, 9.17) is 0 Å². The Morgan fingerprint density at radius 1 is 1.03 bits per heavy atom. The summed E-state index contributed by atoms with van der Waals surface area (Å²) in [6.07, 6.45) is 7.52. The number of pyridine rings is 1. The Morgan fingerprint density at radius 2 is 1.79 bits per heavy atom. The number of hydrogen-bond donors (Lipinski definition) is 1. The average Bonchev–Trinajstić information content (AvgIpc) is 3.68. The summed E-state index contributed by atoms with van der Waals surface area (Å²) in [4.78, 5) is 13.7. The lowest BCUT2D eigenvalue weighted by Crippen LogP contribution is -2.48. The molecule has 5 heterocycles. The number of nitrogens with one attached hydrogen (secondary N) is 1. The second-order valence-corrected chi connectivity index (χ2v) is 15.6. The van der Waals surface area contributed by atoms with Gasteiger partial charge < -0.3 is 4.98 Å². The van der Waals surface area contributed by atoms with Crippen LogP contribution in [0, 0.1) is 32.6 Å². The van der Waals surface area contributed by atoms with E-state index < -0.39 is 9.84 Å². The van der Waals surface area contributed by atoms with Gasteiger partial charge in [0.25, 0.3) is 0 Å². The van der Waals surface area contributed by atoms with E-state index in [1.54, 1.807) is 11.2 Å². The molecule has 0 spiro atoms. The fourth-order valence-electron chi connectivity index (χ4n) is 7.92. The van der Waals surface area contributed by atoms with Crippen molar-refractivity contribution in [3.05, 3.63) is 39.7 Å². The predicted molar refractivity (Wildman–Crippen MR) is 154 cm³/mol. The molecule has 4 aromatic heterocycles. The minimum Gasteiger partial charge on any atom is -0.346 e. The maximum atomic E-state index is 11.9. The monoisotopic (exact) mass is 551 g/mol. The quantitative estimate of drug-likeness (QED) is 0.357. The van der Waals surface area contributed by atoms with Gasteiger partial charge in [-0.15, -0.1) is 11.3 Å². The molecule has 2 bridgehead atoms. The summed E-state index contributed by atoms with van der Waals surface area (Å²) in [5.74, 6) is 3.11. The van der Waals surface area contributed by atoms with E-state index in [1.807, 2.05) is 15.9 Å². The van der Waals surface area contributed by atoms with Gasteiger partial charge in [-0.05, 0) is 86.0 Å². The molecule has 4 atom stereocenters. The Morgan fingerprint density at radius 3 is 2.47 bits per heavy atom. The third kappa shape index (κ3) is 3.64. The van der Waals surface area contributed by atoms with Crippen LogP contribution in [0.2, 0.25) is 0 Å². The van der Waals surface area contributed by atoms with E-state index in [1.165, 1.54) is 63.0 Å². The maximum absolute atomic E-state index is 11.9. The fraction of sp³-hybridized carbons (Fsp3) is 0.586. The molecule has 38 heavy (non-hydrogen) atoms. The third-order valence-electron chi connectivity index (χ3n) is 9.94. The van der Waals surface area contributed by atoms with E-state index in [0.29, 0.717) is 41.2 Å². The van der Waals surface area contributed by atoms with Gasteiger partial charge in [0, 0.05) is 41.2 Å². The second-order valence-electron chi connectivity index (χ2n) is 12.3. The Bertz CT molecular complexity index is 1660. The second kappa shape index (κ2) is 8.63. The van der Waals surface area contributed by atoms with Crippen LogP contribution in [0.25, 0.3) is 27.1 Å². The highest BCUT2D eigenvalue weighted by molar-refractivity contribution is 7.91. The van der Waals surface area contributed by atoms with Crippen molar-refractivity contribution in [1.29, 1.82) is 0 Å². The lowest BCUT2D eigenvalue weighted by atomic mass is 9.82. The highest BCUT2D eigenvalue weighted by atomic mass is 32.2. The number of fused-ring (bicyclic) bond motifs is 4. The van der Waals surface area contributed by atoms with Crippen LogP contribution in [0.1, 0.15) is 72.1 Å². The van der Waals surface area contributed by atoms with Gasteiger partial charge in [0.2, 0.25) is 0 Å². The van der Waals surface area contributed by atoms with Crippen LogP contribution in [0.4, 0.5) is 0 Å². The summed E-state index contributed by atoms with van der Waals surface area (Å²) in [5, 5.41) is 5.86. The van der Waals surface area contributed by atoms with Gasteiger partial charge >= 0.3 is 0 Å². The minimum absolute atomic E-state index is 0.336. The van der Waals surface area contributed by atoms with Gasteiger partial charge in [-0.1, -0.05) is 13.8 Å². The molecule has 0 amide bonds. The Hall–Kier alpha value is -2.23. The normalized spacial score (nSPS) is 27.4. The number of aromatic nitrogens is 4. The van der Waals surface area contributed by atoms with Gasteiger partial charge in [0.05, 0.1) is 17.2 Å². The van der Waals surface area contributed by atoms with Crippen molar-refractivity contribution in [3.63, 3.8) is 0 Å². The fourth-order valence-corrected chi connectivity index (χ4v) is 10.6. The highest BCUT2D eigenvalue weighted by Crippen LogP contribution is 2.57. The molecular formula is C29H37N5O2S2. The maximum Gasteiger partial charge on any atom is 0.158 e. The first-order valence-electron chi connectivity index (χ1n) is 14.0. The zero-order valence-electron chi connectivity index (χ0n) is 22.9. The summed E-state index contributed by atoms with van der Waals surface area (Å²) in [6.45, 7) is 12.7. The summed E-state index contributed by atoms with van der Waals surface area (Å²) >= 11 is 1.98. The van der Waals surface area contributed by atoms with Crippen LogP contribution < -0.4 is 0 Å². The van der Waals surface area contributed by atoms with E-state index >= 15 is 0 Å². The van der Waals surface area contributed by atoms with Crippen molar-refractivity contribution >= 4 is 37.0 Å². The molecule has 1 N–H and O–H groups in total. The molecule has 2 unspecified atom stereocenters. The molecule has 3 aliphatic rings. The average molecular weight is 552 g/mol. The van der Waals surface area contributed by atoms with Crippen molar-refractivity contribution in [2.75, 3.05) is 24.6 Å². The number of aromatic amines is 1. The van der Waals surface area contributed by atoms with E-state index in [9.17, 15) is 8.42 Å². The molecule has 3 fully saturated rings. The smallest absolute Gasteiger partial charge is 0.158 e. The SMILES string of the molecule is Cc1c(-c2[nH]c3sc(C4C[C@@H]5C[C@H]4CC5N4CCS(=O)(=O)CC4)c(C)c3c2C(C)C)cn2ncnc2c1C. The van der Waals surface area contributed by atoms with Gasteiger partial charge in [0.1, 0.15) is 11.2 Å². The molecule has 0 radical (unpaired) electrons. The van der Waals surface area contributed by atoms with E-state index in [-0.39, 0.29) is 0 Å². The Labute approximate surface area is 228 Å². The van der Waals surface area contributed by atoms with Crippen LogP contribution in [0.15, 0.2) is 12.5 Å². The van der Waals surface area contributed by atoms with Crippen LogP contribution >= 0.6 is 11.3 Å². The standard InChI is InChI=1S/C29H37N5O2S2/c1-15(2)24-25-18(5)27(21-11-20-10-19(21)12-23(20)33-6-8-38(35,36)9-7-33)37-29(25)32-26(24)22-13-34-28(30-14-31-34)17(4)16(22)3/h13-15,19-21,23,32H,6-12H2,1-5H3/t19-,20-,21?,23?/m0/s1. The first kappa shape index (κ1) is 24.8. The van der Waals surface area contributed by atoms with Crippen LogP contribution in [0.3, 0.4) is 0 Å². The number of nitrogens with zero attached hydrogens (tertiary/aromatic N) is 4. The molecule has 202 valence electrons. The molecule has 1 aliphatic heterocycles. The first-order valence-corrected chi connectivity index (χ1v) is 16.7. The van der Waals surface area contributed by atoms with Gasteiger partial charge in [-0.2, -0.15) is 5.10 Å². The van der Waals surface area contributed by atoms with Gasteiger partial charge in [0.15, 0.2) is 15.5 Å². The van der Waals surface area contributed by atoms with Crippen molar-refractivity contribution in [2.45, 2.75) is 71.8 Å². The number of hydrogen-bond acceptors (Lipinski definition) is 6. The van der Waals surface area contributed by atoms with Crippen LogP contribution in [0.5, 0.6) is 0 Å². The number of H-pyrrole nitrogens is 1. The molecule has 1 saturated heterocycles. The largest absolute Gasteiger partial charge is 0.346 e. The first-order chi connectivity index (χ1) is 18.1. The lowest BCUT2D eigenvalue weighted by molar-refractivity contribution is 0.148. The van der Waals surface area contributed by atoms with E-state index in [0.717, 1.165) is 18.7 Å². The zero-order chi connectivity index (χ0) is 26.5. The topological polar surface area (TPSA) is 83.4 Å².